The minimum atomic E-state index is -0.495. The van der Waals surface area contributed by atoms with Crippen LogP contribution in [0.5, 0.6) is 11.5 Å². The topological polar surface area (TPSA) is 12.5 Å². The first kappa shape index (κ1) is 37.6. The van der Waals surface area contributed by atoms with Gasteiger partial charge in [-0.2, -0.15) is 0 Å². The van der Waals surface area contributed by atoms with Crippen molar-refractivity contribution >= 4 is 27.8 Å². The van der Waals surface area contributed by atoms with E-state index in [9.17, 15) is 0 Å². The number of hydrogen-bond acceptors (Lipinski definition) is 2. The SMILES string of the molecule is c1ccc(-c2ccc(N(c3ccc4c(c3)C3(c5ccccc5-c5ccccc53)c3ccccc3-4)c3cccc4c3-c3c(-c5ccccc5)cccc3-c3cc5ccccc5cc3O4)cc2)cc1. The second-order valence-electron chi connectivity index (χ2n) is 17.9. The molecule has 2 nitrogen and oxygen atoms in total. The van der Waals surface area contributed by atoms with E-state index in [2.05, 4.69) is 254 Å². The van der Waals surface area contributed by atoms with Crippen molar-refractivity contribution in [2.45, 2.75) is 5.41 Å². The van der Waals surface area contributed by atoms with E-state index in [0.29, 0.717) is 0 Å². The van der Waals surface area contributed by atoms with E-state index in [1.165, 1.54) is 61.0 Å². The summed E-state index contributed by atoms with van der Waals surface area (Å²) < 4.78 is 7.27. The number of hydrogen-bond donors (Lipinski definition) is 0. The van der Waals surface area contributed by atoms with Crippen LogP contribution >= 0.6 is 0 Å². The predicted molar refractivity (Wildman–Crippen MR) is 277 cm³/mol. The smallest absolute Gasteiger partial charge is 0.137 e. The van der Waals surface area contributed by atoms with Gasteiger partial charge in [0, 0.05) is 28.1 Å². The van der Waals surface area contributed by atoms with Crippen LogP contribution in [0.25, 0.3) is 77.5 Å². The first-order chi connectivity index (χ1) is 33.2. The summed E-state index contributed by atoms with van der Waals surface area (Å²) in [6, 6.07) is 91.3. The Bertz CT molecular complexity index is 3710. The van der Waals surface area contributed by atoms with Crippen LogP contribution in [0, 0.1) is 0 Å². The minimum Gasteiger partial charge on any atom is -0.456 e. The number of nitrogens with zero attached hydrogens (tertiary/aromatic N) is 1. The fourth-order valence-corrected chi connectivity index (χ4v) is 11.7. The van der Waals surface area contributed by atoms with Gasteiger partial charge in [-0.05, 0) is 132 Å². The van der Waals surface area contributed by atoms with Gasteiger partial charge in [-0.1, -0.05) is 200 Å². The number of ether oxygens (including phenoxy) is 1. The molecule has 312 valence electrons. The molecular formula is C65H41NO. The molecule has 2 heteroatoms. The van der Waals surface area contributed by atoms with Crippen LogP contribution in [-0.4, -0.2) is 0 Å². The van der Waals surface area contributed by atoms with Gasteiger partial charge >= 0.3 is 0 Å². The highest BCUT2D eigenvalue weighted by Gasteiger charge is 2.51. The summed E-state index contributed by atoms with van der Waals surface area (Å²) in [4.78, 5) is 2.47. The molecule has 0 saturated heterocycles. The van der Waals surface area contributed by atoms with E-state index < -0.39 is 5.41 Å². The highest BCUT2D eigenvalue weighted by atomic mass is 16.5. The standard InChI is InChI=1S/C65H41NO/c1-3-17-42(18-4-1)43-33-35-47(36-34-43)66(48-37-38-53-52-25-11-14-30-58(52)65(59(53)41-48)56-28-12-9-23-50(56)51-24-10-13-29-57(51)65)60-31-16-32-61-64(60)63-49(44-19-5-2-6-20-44)26-15-27-54(63)55-39-45-21-7-8-22-46(45)40-62(55)67-61/h1-41H. The molecule has 67 heavy (non-hydrogen) atoms. The average Bonchev–Trinajstić information content (AvgIpc) is 3.81. The van der Waals surface area contributed by atoms with Gasteiger partial charge in [0.2, 0.25) is 0 Å². The first-order valence-corrected chi connectivity index (χ1v) is 23.2. The normalized spacial score (nSPS) is 13.0. The van der Waals surface area contributed by atoms with E-state index in [-0.39, 0.29) is 0 Å². The second-order valence-corrected chi connectivity index (χ2v) is 17.9. The lowest BCUT2D eigenvalue weighted by Gasteiger charge is -2.33. The maximum Gasteiger partial charge on any atom is 0.137 e. The van der Waals surface area contributed by atoms with Crippen LogP contribution in [0.3, 0.4) is 0 Å². The molecule has 0 N–H and O–H groups in total. The Morgan fingerprint density at radius 2 is 0.791 bits per heavy atom. The molecule has 1 spiro atoms. The molecule has 0 fully saturated rings. The third-order valence-corrected chi connectivity index (χ3v) is 14.5. The van der Waals surface area contributed by atoms with Gasteiger partial charge in [0.25, 0.3) is 0 Å². The predicted octanol–water partition coefficient (Wildman–Crippen LogP) is 17.4. The Kier molecular flexibility index (Phi) is 8.23. The van der Waals surface area contributed by atoms with Gasteiger partial charge in [0.1, 0.15) is 11.5 Å². The fraction of sp³-hybridized carbons (Fsp3) is 0.0154. The Labute approximate surface area is 390 Å². The second kappa shape index (κ2) is 14.7. The quantitative estimate of drug-likeness (QED) is 0.171. The summed E-state index contributed by atoms with van der Waals surface area (Å²) in [5, 5.41) is 2.32. The average molecular weight is 852 g/mol. The van der Waals surface area contributed by atoms with Crippen molar-refractivity contribution in [2.24, 2.45) is 0 Å². The van der Waals surface area contributed by atoms with Gasteiger partial charge in [0.05, 0.1) is 11.1 Å². The zero-order valence-electron chi connectivity index (χ0n) is 36.5. The Morgan fingerprint density at radius 3 is 1.46 bits per heavy atom. The molecule has 0 aromatic heterocycles. The Hall–Kier alpha value is -8.72. The van der Waals surface area contributed by atoms with Crippen molar-refractivity contribution in [3.8, 4) is 78.3 Å². The number of fused-ring (bicyclic) bond motifs is 16. The molecule has 0 amide bonds. The van der Waals surface area contributed by atoms with Gasteiger partial charge in [0.15, 0.2) is 0 Å². The molecule has 11 aromatic rings. The van der Waals surface area contributed by atoms with Crippen LogP contribution in [-0.2, 0) is 5.41 Å². The summed E-state index contributed by atoms with van der Waals surface area (Å²) in [5.41, 5.74) is 22.1. The van der Waals surface area contributed by atoms with Crippen molar-refractivity contribution in [2.75, 3.05) is 4.90 Å². The maximum atomic E-state index is 7.27. The molecule has 3 aliphatic rings. The summed E-state index contributed by atoms with van der Waals surface area (Å²) in [5.74, 6) is 1.65. The van der Waals surface area contributed by atoms with Crippen molar-refractivity contribution in [3.05, 3.63) is 271 Å². The third-order valence-electron chi connectivity index (χ3n) is 14.5. The zero-order valence-corrected chi connectivity index (χ0v) is 36.5. The number of rotatable bonds is 5. The first-order valence-electron chi connectivity index (χ1n) is 23.2. The number of benzene rings is 11. The Morgan fingerprint density at radius 1 is 0.284 bits per heavy atom. The summed E-state index contributed by atoms with van der Waals surface area (Å²) in [6.07, 6.45) is 0. The van der Waals surface area contributed by atoms with Gasteiger partial charge in [-0.15, -0.1) is 0 Å². The van der Waals surface area contributed by atoms with E-state index in [1.807, 2.05) is 0 Å². The van der Waals surface area contributed by atoms with Crippen LogP contribution in [0.4, 0.5) is 17.1 Å². The molecule has 0 radical (unpaired) electrons. The molecule has 11 aromatic carbocycles. The van der Waals surface area contributed by atoms with Crippen LogP contribution < -0.4 is 9.64 Å². The van der Waals surface area contributed by atoms with Gasteiger partial charge in [-0.3, -0.25) is 0 Å². The molecule has 0 bridgehead atoms. The van der Waals surface area contributed by atoms with Crippen molar-refractivity contribution in [3.63, 3.8) is 0 Å². The molecule has 14 rings (SSSR count). The lowest BCUT2D eigenvalue weighted by atomic mass is 9.70. The minimum absolute atomic E-state index is 0.495. The maximum absolute atomic E-state index is 7.27. The molecule has 0 unspecified atom stereocenters. The van der Waals surface area contributed by atoms with Crippen LogP contribution in [0.2, 0.25) is 0 Å². The highest BCUT2D eigenvalue weighted by molar-refractivity contribution is 6.07. The fourth-order valence-electron chi connectivity index (χ4n) is 11.7. The summed E-state index contributed by atoms with van der Waals surface area (Å²) in [7, 11) is 0. The lowest BCUT2D eigenvalue weighted by Crippen LogP contribution is -2.26. The van der Waals surface area contributed by atoms with E-state index in [4.69, 9.17) is 4.74 Å². The molecule has 1 heterocycles. The van der Waals surface area contributed by atoms with Crippen LogP contribution in [0.15, 0.2) is 249 Å². The van der Waals surface area contributed by atoms with Crippen molar-refractivity contribution in [1.82, 2.24) is 0 Å². The lowest BCUT2D eigenvalue weighted by molar-refractivity contribution is 0.488. The van der Waals surface area contributed by atoms with E-state index in [1.54, 1.807) is 0 Å². The van der Waals surface area contributed by atoms with Gasteiger partial charge < -0.3 is 9.64 Å². The summed E-state index contributed by atoms with van der Waals surface area (Å²) >= 11 is 0. The zero-order chi connectivity index (χ0) is 44.1. The molecule has 2 aliphatic carbocycles. The van der Waals surface area contributed by atoms with Crippen molar-refractivity contribution in [1.29, 1.82) is 0 Å². The molecule has 0 atom stereocenters. The van der Waals surface area contributed by atoms with Crippen LogP contribution in [0.1, 0.15) is 22.3 Å². The molecule has 0 saturated carbocycles. The van der Waals surface area contributed by atoms with E-state index in [0.717, 1.165) is 67.3 Å². The van der Waals surface area contributed by atoms with Gasteiger partial charge in [-0.25, -0.2) is 0 Å². The number of anilines is 3. The van der Waals surface area contributed by atoms with Crippen molar-refractivity contribution < 1.29 is 4.74 Å². The summed E-state index contributed by atoms with van der Waals surface area (Å²) in [6.45, 7) is 0. The Balaban J connectivity index is 1.06. The molecule has 1 aliphatic heterocycles. The highest BCUT2D eigenvalue weighted by Crippen LogP contribution is 2.64. The third kappa shape index (κ3) is 5.51. The largest absolute Gasteiger partial charge is 0.456 e. The van der Waals surface area contributed by atoms with E-state index >= 15 is 0 Å². The monoisotopic (exact) mass is 851 g/mol. The molecular weight excluding hydrogens is 811 g/mol.